The van der Waals surface area contributed by atoms with Crippen LogP contribution in [0, 0.1) is 0 Å². The van der Waals surface area contributed by atoms with Crippen molar-refractivity contribution in [3.63, 3.8) is 0 Å². The fourth-order valence-corrected chi connectivity index (χ4v) is 1.82. The molecule has 2 unspecified atom stereocenters. The molecular weight excluding hydrogens is 226 g/mol. The lowest BCUT2D eigenvalue weighted by molar-refractivity contribution is -0.145. The van der Waals surface area contributed by atoms with Crippen LogP contribution in [0.4, 0.5) is 0 Å². The molecule has 0 saturated heterocycles. The lowest BCUT2D eigenvalue weighted by Gasteiger charge is -2.15. The van der Waals surface area contributed by atoms with Crippen LogP contribution in [0.3, 0.4) is 0 Å². The van der Waals surface area contributed by atoms with Crippen molar-refractivity contribution in [3.05, 3.63) is 35.9 Å². The van der Waals surface area contributed by atoms with E-state index in [-0.39, 0.29) is 12.0 Å². The maximum atomic E-state index is 11.4. The summed E-state index contributed by atoms with van der Waals surface area (Å²) in [6, 6.07) is 10.2. The van der Waals surface area contributed by atoms with Crippen LogP contribution in [-0.2, 0) is 9.53 Å². The van der Waals surface area contributed by atoms with Gasteiger partial charge in [0.05, 0.1) is 6.61 Å². The molecule has 0 aliphatic rings. The van der Waals surface area contributed by atoms with Crippen molar-refractivity contribution < 1.29 is 9.53 Å². The highest BCUT2D eigenvalue weighted by atomic mass is 16.5. The molecule has 100 valence electrons. The van der Waals surface area contributed by atoms with E-state index in [1.54, 1.807) is 0 Å². The Labute approximate surface area is 110 Å². The Morgan fingerprint density at radius 1 is 1.28 bits per heavy atom. The number of esters is 1. The molecule has 0 amide bonds. The predicted molar refractivity (Wildman–Crippen MR) is 73.6 cm³/mol. The maximum Gasteiger partial charge on any atom is 0.322 e. The van der Waals surface area contributed by atoms with Crippen LogP contribution in [0.25, 0.3) is 0 Å². The van der Waals surface area contributed by atoms with E-state index in [9.17, 15) is 4.79 Å². The lowest BCUT2D eigenvalue weighted by Crippen LogP contribution is -2.36. The van der Waals surface area contributed by atoms with Crippen molar-refractivity contribution >= 4 is 5.97 Å². The molecule has 1 rings (SSSR count). The summed E-state index contributed by atoms with van der Waals surface area (Å²) in [7, 11) is 0. The van der Waals surface area contributed by atoms with Gasteiger partial charge < -0.3 is 10.1 Å². The lowest BCUT2D eigenvalue weighted by atomic mass is 9.98. The second kappa shape index (κ2) is 7.88. The third kappa shape index (κ3) is 4.88. The van der Waals surface area contributed by atoms with Crippen molar-refractivity contribution in [1.82, 2.24) is 5.32 Å². The quantitative estimate of drug-likeness (QED) is 0.755. The Balaban J connectivity index is 2.27. The highest BCUT2D eigenvalue weighted by Gasteiger charge is 2.13. The molecule has 18 heavy (non-hydrogen) atoms. The zero-order valence-electron chi connectivity index (χ0n) is 11.5. The van der Waals surface area contributed by atoms with E-state index in [0.29, 0.717) is 12.5 Å². The summed E-state index contributed by atoms with van der Waals surface area (Å²) < 4.78 is 4.94. The number of nitrogens with one attached hydrogen (secondary N) is 1. The van der Waals surface area contributed by atoms with Gasteiger partial charge in [-0.25, -0.2) is 0 Å². The van der Waals surface area contributed by atoms with Crippen LogP contribution in [0.2, 0.25) is 0 Å². The minimum absolute atomic E-state index is 0.176. The van der Waals surface area contributed by atoms with Crippen LogP contribution in [0.1, 0.15) is 38.7 Å². The van der Waals surface area contributed by atoms with Crippen molar-refractivity contribution in [2.75, 3.05) is 13.2 Å². The molecular formula is C15H23NO2. The maximum absolute atomic E-state index is 11.4. The van der Waals surface area contributed by atoms with Crippen LogP contribution >= 0.6 is 0 Å². The molecule has 0 saturated carbocycles. The van der Waals surface area contributed by atoms with E-state index >= 15 is 0 Å². The Hall–Kier alpha value is -1.35. The Morgan fingerprint density at radius 2 is 1.94 bits per heavy atom. The molecule has 3 nitrogen and oxygen atoms in total. The number of rotatable bonds is 7. The van der Waals surface area contributed by atoms with Gasteiger partial charge >= 0.3 is 5.97 Å². The van der Waals surface area contributed by atoms with Crippen molar-refractivity contribution in [2.45, 2.75) is 39.2 Å². The van der Waals surface area contributed by atoms with E-state index in [1.807, 2.05) is 19.9 Å². The smallest absolute Gasteiger partial charge is 0.322 e. The van der Waals surface area contributed by atoms with Gasteiger partial charge in [-0.15, -0.1) is 0 Å². The molecule has 3 heteroatoms. The third-order valence-electron chi connectivity index (χ3n) is 3.04. The number of benzene rings is 1. The molecule has 0 spiro atoms. The summed E-state index contributed by atoms with van der Waals surface area (Å²) in [5.74, 6) is 0.318. The second-order valence-electron chi connectivity index (χ2n) is 4.53. The van der Waals surface area contributed by atoms with Crippen LogP contribution < -0.4 is 5.32 Å². The Kier molecular flexibility index (Phi) is 6.44. The van der Waals surface area contributed by atoms with Gasteiger partial charge in [0, 0.05) is 0 Å². The number of hydrogen-bond donors (Lipinski definition) is 1. The van der Waals surface area contributed by atoms with Gasteiger partial charge in [-0.1, -0.05) is 37.3 Å². The zero-order valence-corrected chi connectivity index (χ0v) is 11.5. The fraction of sp³-hybridized carbons (Fsp3) is 0.533. The number of hydrogen-bond acceptors (Lipinski definition) is 3. The topological polar surface area (TPSA) is 38.3 Å². The van der Waals surface area contributed by atoms with Gasteiger partial charge in [0.25, 0.3) is 0 Å². The van der Waals surface area contributed by atoms with Crippen molar-refractivity contribution in [3.8, 4) is 0 Å². The third-order valence-corrected chi connectivity index (χ3v) is 3.04. The van der Waals surface area contributed by atoms with Gasteiger partial charge in [0.1, 0.15) is 6.04 Å². The average molecular weight is 249 g/mol. The summed E-state index contributed by atoms with van der Waals surface area (Å²) in [5, 5.41) is 3.19. The standard InChI is InChI=1S/C15H23NO2/c1-4-18-15(17)13(3)16-11-10-12(2)14-8-6-5-7-9-14/h5-9,12-13,16H,4,10-11H2,1-3H3. The van der Waals surface area contributed by atoms with E-state index in [4.69, 9.17) is 4.74 Å². The van der Waals surface area contributed by atoms with Gasteiger partial charge in [0.2, 0.25) is 0 Å². The molecule has 0 aliphatic heterocycles. The molecule has 1 N–H and O–H groups in total. The minimum Gasteiger partial charge on any atom is -0.465 e. The monoisotopic (exact) mass is 249 g/mol. The molecule has 1 aromatic rings. The van der Waals surface area contributed by atoms with Crippen LogP contribution in [0.5, 0.6) is 0 Å². The minimum atomic E-state index is -0.229. The van der Waals surface area contributed by atoms with Gasteiger partial charge in [-0.3, -0.25) is 4.79 Å². The molecule has 0 aromatic heterocycles. The molecule has 0 heterocycles. The van der Waals surface area contributed by atoms with Gasteiger partial charge in [-0.2, -0.15) is 0 Å². The van der Waals surface area contributed by atoms with Crippen molar-refractivity contribution in [1.29, 1.82) is 0 Å². The molecule has 0 bridgehead atoms. The molecule has 0 radical (unpaired) electrons. The first-order chi connectivity index (χ1) is 8.65. The SMILES string of the molecule is CCOC(=O)C(C)NCCC(C)c1ccccc1. The summed E-state index contributed by atoms with van der Waals surface area (Å²) in [6.45, 7) is 7.11. The van der Waals surface area contributed by atoms with Gasteiger partial charge in [-0.05, 0) is 38.3 Å². The molecule has 2 atom stereocenters. The number of ether oxygens (including phenoxy) is 1. The van der Waals surface area contributed by atoms with Gasteiger partial charge in [0.15, 0.2) is 0 Å². The first-order valence-electron chi connectivity index (χ1n) is 6.60. The normalized spacial score (nSPS) is 13.9. The Morgan fingerprint density at radius 3 is 2.56 bits per heavy atom. The average Bonchev–Trinajstić information content (AvgIpc) is 2.39. The second-order valence-corrected chi connectivity index (χ2v) is 4.53. The predicted octanol–water partition coefficient (Wildman–Crippen LogP) is 2.72. The summed E-state index contributed by atoms with van der Waals surface area (Å²) in [5.41, 5.74) is 1.34. The van der Waals surface area contributed by atoms with E-state index in [1.165, 1.54) is 5.56 Å². The van der Waals surface area contributed by atoms with E-state index in [0.717, 1.165) is 13.0 Å². The first-order valence-corrected chi connectivity index (χ1v) is 6.60. The zero-order chi connectivity index (χ0) is 13.4. The van der Waals surface area contributed by atoms with Crippen molar-refractivity contribution in [2.24, 2.45) is 0 Å². The summed E-state index contributed by atoms with van der Waals surface area (Å²) in [6.07, 6.45) is 1.01. The highest BCUT2D eigenvalue weighted by molar-refractivity contribution is 5.75. The molecule has 0 aliphatic carbocycles. The summed E-state index contributed by atoms with van der Waals surface area (Å²) >= 11 is 0. The molecule has 1 aromatic carbocycles. The highest BCUT2D eigenvalue weighted by Crippen LogP contribution is 2.17. The van der Waals surface area contributed by atoms with E-state index < -0.39 is 0 Å². The fourth-order valence-electron chi connectivity index (χ4n) is 1.82. The van der Waals surface area contributed by atoms with Crippen LogP contribution in [-0.4, -0.2) is 25.2 Å². The Bertz CT molecular complexity index is 351. The first kappa shape index (κ1) is 14.7. The number of carbonyl (C=O) groups is 1. The summed E-state index contributed by atoms with van der Waals surface area (Å²) in [4.78, 5) is 11.4. The number of carbonyl (C=O) groups excluding carboxylic acids is 1. The largest absolute Gasteiger partial charge is 0.465 e. The molecule has 0 fully saturated rings. The van der Waals surface area contributed by atoms with E-state index in [2.05, 4.69) is 36.5 Å². The van der Waals surface area contributed by atoms with Crippen LogP contribution in [0.15, 0.2) is 30.3 Å².